The van der Waals surface area contributed by atoms with Gasteiger partial charge < -0.3 is 29.4 Å². The van der Waals surface area contributed by atoms with E-state index in [2.05, 4.69) is 21.3 Å². The van der Waals surface area contributed by atoms with Crippen LogP contribution in [0.25, 0.3) is 5.69 Å². The molecule has 1 aromatic heterocycles. The zero-order valence-corrected chi connectivity index (χ0v) is 16.6. The van der Waals surface area contributed by atoms with Gasteiger partial charge in [-0.2, -0.15) is 0 Å². The number of rotatable bonds is 5. The second kappa shape index (κ2) is 7.79. The lowest BCUT2D eigenvalue weighted by molar-refractivity contribution is 0.174. The Hall–Kier alpha value is -3.61. The Morgan fingerprint density at radius 2 is 1.83 bits per heavy atom. The molecule has 150 valence electrons. The number of anilines is 1. The highest BCUT2D eigenvalue weighted by Crippen LogP contribution is 2.34. The van der Waals surface area contributed by atoms with Gasteiger partial charge in [-0.3, -0.25) is 0 Å². The van der Waals surface area contributed by atoms with Crippen LogP contribution >= 0.6 is 0 Å². The maximum atomic E-state index is 12.3. The Morgan fingerprint density at radius 1 is 1.07 bits per heavy atom. The van der Waals surface area contributed by atoms with E-state index in [1.807, 2.05) is 38.1 Å². The minimum atomic E-state index is -0.280. The van der Waals surface area contributed by atoms with Crippen LogP contribution in [0, 0.1) is 13.8 Å². The number of fused-ring (bicyclic) bond motifs is 1. The Bertz CT molecular complexity index is 1040. The van der Waals surface area contributed by atoms with Crippen LogP contribution in [0.1, 0.15) is 17.0 Å². The van der Waals surface area contributed by atoms with Crippen molar-refractivity contribution in [1.82, 2.24) is 9.88 Å². The molecule has 2 heterocycles. The second-order valence-corrected chi connectivity index (χ2v) is 6.81. The summed E-state index contributed by atoms with van der Waals surface area (Å²) in [5.41, 5.74) is 4.93. The Morgan fingerprint density at radius 3 is 2.59 bits per heavy atom. The van der Waals surface area contributed by atoms with Crippen molar-refractivity contribution in [3.8, 4) is 22.9 Å². The minimum absolute atomic E-state index is 0.203. The average Bonchev–Trinajstić information content (AvgIpc) is 3.30. The van der Waals surface area contributed by atoms with E-state index in [0.29, 0.717) is 23.7 Å². The molecule has 0 unspecified atom stereocenters. The molecule has 0 radical (unpaired) electrons. The molecule has 0 saturated heterocycles. The van der Waals surface area contributed by atoms with Crippen molar-refractivity contribution in [2.75, 3.05) is 19.2 Å². The van der Waals surface area contributed by atoms with Gasteiger partial charge in [0.25, 0.3) is 0 Å². The smallest absolute Gasteiger partial charge is 0.319 e. The number of benzene rings is 2. The second-order valence-electron chi connectivity index (χ2n) is 6.81. The lowest BCUT2D eigenvalue weighted by atomic mass is 10.2. The fraction of sp³-hybridized carbons (Fsp3) is 0.227. The number of aromatic nitrogens is 1. The molecular weight excluding hydrogens is 370 g/mol. The maximum Gasteiger partial charge on any atom is 0.319 e. The summed E-state index contributed by atoms with van der Waals surface area (Å²) in [6.45, 7) is 4.72. The van der Waals surface area contributed by atoms with Crippen molar-refractivity contribution in [3.05, 3.63) is 65.5 Å². The molecule has 29 heavy (non-hydrogen) atoms. The van der Waals surface area contributed by atoms with Crippen molar-refractivity contribution in [3.63, 3.8) is 0 Å². The lowest BCUT2D eigenvalue weighted by Crippen LogP contribution is -2.28. The van der Waals surface area contributed by atoms with E-state index in [4.69, 9.17) is 14.2 Å². The monoisotopic (exact) mass is 393 g/mol. The standard InChI is InChI=1S/C22H23N3O4/c1-14-10-16(15(2)25(14)18-5-7-19(27-3)8-6-18)12-23-22(26)24-17-4-9-20-21(11-17)29-13-28-20/h4-11H,12-13H2,1-3H3,(H2,23,24,26). The van der Waals surface area contributed by atoms with Crippen LogP contribution in [0.4, 0.5) is 10.5 Å². The maximum absolute atomic E-state index is 12.3. The molecule has 0 bridgehead atoms. The first-order chi connectivity index (χ1) is 14.0. The third kappa shape index (κ3) is 3.85. The molecule has 1 aliphatic heterocycles. The first-order valence-corrected chi connectivity index (χ1v) is 9.32. The summed E-state index contributed by atoms with van der Waals surface area (Å²) in [6, 6.07) is 15.0. The highest BCUT2D eigenvalue weighted by Gasteiger charge is 2.15. The number of carbonyl (C=O) groups is 1. The van der Waals surface area contributed by atoms with Gasteiger partial charge in [0.1, 0.15) is 5.75 Å². The van der Waals surface area contributed by atoms with E-state index < -0.39 is 0 Å². The van der Waals surface area contributed by atoms with Gasteiger partial charge in [-0.15, -0.1) is 0 Å². The quantitative estimate of drug-likeness (QED) is 0.683. The zero-order chi connectivity index (χ0) is 20.4. The fourth-order valence-electron chi connectivity index (χ4n) is 3.46. The summed E-state index contributed by atoms with van der Waals surface area (Å²) >= 11 is 0. The number of aryl methyl sites for hydroxylation is 1. The van der Waals surface area contributed by atoms with Gasteiger partial charge in [0.05, 0.1) is 7.11 Å². The molecule has 7 nitrogen and oxygen atoms in total. The third-order valence-corrected chi connectivity index (χ3v) is 4.94. The summed E-state index contributed by atoms with van der Waals surface area (Å²) in [4.78, 5) is 12.3. The molecule has 2 amide bonds. The molecule has 0 spiro atoms. The van der Waals surface area contributed by atoms with Gasteiger partial charge in [-0.05, 0) is 61.9 Å². The normalized spacial score (nSPS) is 12.0. The number of hydrogen-bond donors (Lipinski definition) is 2. The summed E-state index contributed by atoms with van der Waals surface area (Å²) < 4.78 is 18.0. The summed E-state index contributed by atoms with van der Waals surface area (Å²) in [6.07, 6.45) is 0. The molecule has 3 aromatic rings. The SMILES string of the molecule is COc1ccc(-n2c(C)cc(CNC(=O)Nc3ccc4c(c3)OCO4)c2C)cc1. The molecule has 2 aromatic carbocycles. The number of nitrogens with one attached hydrogen (secondary N) is 2. The Labute approximate surface area is 169 Å². The molecule has 0 aliphatic carbocycles. The van der Waals surface area contributed by atoms with Crippen LogP contribution in [-0.4, -0.2) is 24.5 Å². The lowest BCUT2D eigenvalue weighted by Gasteiger charge is -2.11. The highest BCUT2D eigenvalue weighted by atomic mass is 16.7. The van der Waals surface area contributed by atoms with Crippen LogP contribution in [0.5, 0.6) is 17.2 Å². The van der Waals surface area contributed by atoms with E-state index in [1.165, 1.54) is 0 Å². The summed E-state index contributed by atoms with van der Waals surface area (Å²) in [5.74, 6) is 2.13. The number of hydrogen-bond acceptors (Lipinski definition) is 4. The number of nitrogens with zero attached hydrogens (tertiary/aromatic N) is 1. The molecule has 4 rings (SSSR count). The van der Waals surface area contributed by atoms with E-state index in [9.17, 15) is 4.79 Å². The summed E-state index contributed by atoms with van der Waals surface area (Å²) in [5, 5.41) is 5.73. The molecule has 0 fully saturated rings. The average molecular weight is 393 g/mol. The van der Waals surface area contributed by atoms with Crippen molar-refractivity contribution in [2.45, 2.75) is 20.4 Å². The highest BCUT2D eigenvalue weighted by molar-refractivity contribution is 5.89. The molecule has 1 aliphatic rings. The first-order valence-electron chi connectivity index (χ1n) is 9.32. The van der Waals surface area contributed by atoms with Crippen LogP contribution in [0.3, 0.4) is 0 Å². The van der Waals surface area contributed by atoms with Crippen LogP contribution < -0.4 is 24.8 Å². The zero-order valence-electron chi connectivity index (χ0n) is 16.6. The third-order valence-electron chi connectivity index (χ3n) is 4.94. The van der Waals surface area contributed by atoms with Crippen LogP contribution in [0.2, 0.25) is 0 Å². The Balaban J connectivity index is 1.42. The van der Waals surface area contributed by atoms with Crippen molar-refractivity contribution in [2.24, 2.45) is 0 Å². The number of amides is 2. The predicted molar refractivity (Wildman–Crippen MR) is 110 cm³/mol. The van der Waals surface area contributed by atoms with Gasteiger partial charge in [0.15, 0.2) is 11.5 Å². The van der Waals surface area contributed by atoms with Gasteiger partial charge >= 0.3 is 6.03 Å². The van der Waals surface area contributed by atoms with Gasteiger partial charge in [-0.1, -0.05) is 0 Å². The van der Waals surface area contributed by atoms with Gasteiger partial charge in [0.2, 0.25) is 6.79 Å². The molecule has 7 heteroatoms. The number of ether oxygens (including phenoxy) is 3. The minimum Gasteiger partial charge on any atom is -0.497 e. The topological polar surface area (TPSA) is 73.8 Å². The van der Waals surface area contributed by atoms with Gasteiger partial charge in [-0.25, -0.2) is 4.79 Å². The van der Waals surface area contributed by atoms with Gasteiger partial charge in [0, 0.05) is 35.4 Å². The first kappa shape index (κ1) is 18.7. The molecule has 2 N–H and O–H groups in total. The summed E-state index contributed by atoms with van der Waals surface area (Å²) in [7, 11) is 1.65. The van der Waals surface area contributed by atoms with E-state index in [1.54, 1.807) is 25.3 Å². The van der Waals surface area contributed by atoms with Crippen LogP contribution in [-0.2, 0) is 6.54 Å². The molecule has 0 atom stereocenters. The number of methoxy groups -OCH3 is 1. The fourth-order valence-corrected chi connectivity index (χ4v) is 3.46. The van der Waals surface area contributed by atoms with Crippen molar-refractivity contribution < 1.29 is 19.0 Å². The molecular formula is C22H23N3O4. The van der Waals surface area contributed by atoms with E-state index in [0.717, 1.165) is 28.4 Å². The van der Waals surface area contributed by atoms with E-state index in [-0.39, 0.29) is 12.8 Å². The Kier molecular flexibility index (Phi) is 5.03. The van der Waals surface area contributed by atoms with E-state index >= 15 is 0 Å². The van der Waals surface area contributed by atoms with Crippen molar-refractivity contribution >= 4 is 11.7 Å². The predicted octanol–water partition coefficient (Wildman–Crippen LogP) is 4.15. The largest absolute Gasteiger partial charge is 0.497 e. The number of carbonyl (C=O) groups excluding carboxylic acids is 1. The molecule has 0 saturated carbocycles. The van der Waals surface area contributed by atoms with Crippen LogP contribution in [0.15, 0.2) is 48.5 Å². The van der Waals surface area contributed by atoms with Crippen molar-refractivity contribution in [1.29, 1.82) is 0 Å². The number of urea groups is 1.